The van der Waals surface area contributed by atoms with Gasteiger partial charge in [-0.15, -0.1) is 0 Å². The molecule has 0 amide bonds. The monoisotopic (exact) mass is 374 g/mol. The molecule has 2 aromatic rings. The summed E-state index contributed by atoms with van der Waals surface area (Å²) >= 11 is 0. The summed E-state index contributed by atoms with van der Waals surface area (Å²) in [5.74, 6) is -2.51. The highest BCUT2D eigenvalue weighted by atomic mass is 16.6. The van der Waals surface area contributed by atoms with Crippen molar-refractivity contribution in [2.24, 2.45) is 0 Å². The Morgan fingerprint density at radius 2 is 2.07 bits per heavy atom. The van der Waals surface area contributed by atoms with Crippen LogP contribution in [0.15, 0.2) is 54.9 Å². The van der Waals surface area contributed by atoms with Crippen molar-refractivity contribution in [2.75, 3.05) is 6.54 Å². The molecular formula is C17H18N4O6. The fraction of sp³-hybridized carbons (Fsp3) is 0.235. The van der Waals surface area contributed by atoms with Crippen LogP contribution in [-0.4, -0.2) is 44.2 Å². The zero-order valence-corrected chi connectivity index (χ0v) is 14.2. The van der Waals surface area contributed by atoms with Gasteiger partial charge >= 0.3 is 17.9 Å². The number of benzene rings is 1. The van der Waals surface area contributed by atoms with Gasteiger partial charge in [0.25, 0.3) is 0 Å². The predicted octanol–water partition coefficient (Wildman–Crippen LogP) is 1.13. The summed E-state index contributed by atoms with van der Waals surface area (Å²) < 4.78 is 6.48. The van der Waals surface area contributed by atoms with E-state index in [0.29, 0.717) is 12.6 Å². The summed E-state index contributed by atoms with van der Waals surface area (Å²) in [4.78, 5) is 36.3. The number of rotatable bonds is 10. The lowest BCUT2D eigenvalue weighted by Crippen LogP contribution is -2.34. The molecule has 10 nitrogen and oxygen atoms in total. The molecule has 0 spiro atoms. The van der Waals surface area contributed by atoms with Crippen LogP contribution in [0.25, 0.3) is 0 Å². The van der Waals surface area contributed by atoms with E-state index in [1.54, 1.807) is 0 Å². The van der Waals surface area contributed by atoms with Crippen molar-refractivity contribution in [2.45, 2.75) is 19.2 Å². The number of ether oxygens (including phenoxy) is 1. The first-order valence-electron chi connectivity index (χ1n) is 7.97. The van der Waals surface area contributed by atoms with Gasteiger partial charge in [-0.25, -0.2) is 14.2 Å². The van der Waals surface area contributed by atoms with E-state index in [1.165, 1.54) is 17.0 Å². The highest BCUT2D eigenvalue weighted by Gasteiger charge is 2.21. The molecule has 0 saturated heterocycles. The largest absolute Gasteiger partial charge is 0.478 e. The molecule has 10 heteroatoms. The van der Waals surface area contributed by atoms with Gasteiger partial charge in [-0.2, -0.15) is 0 Å². The number of hydrogen-bond donors (Lipinski definition) is 2. The Kier molecular flexibility index (Phi) is 7.20. The second-order valence-electron chi connectivity index (χ2n) is 5.48. The predicted molar refractivity (Wildman–Crippen MR) is 93.7 cm³/mol. The van der Waals surface area contributed by atoms with Gasteiger partial charge in [-0.1, -0.05) is 35.3 Å². The number of nitrogens with zero attached hydrogens (tertiary/aromatic N) is 3. The number of aliphatic carboxylic acids is 1. The zero-order chi connectivity index (χ0) is 19.6. The molecular weight excluding hydrogens is 356 g/mol. The van der Waals surface area contributed by atoms with Gasteiger partial charge in [0.2, 0.25) is 0 Å². The Hall–Kier alpha value is -3.53. The smallest absolute Gasteiger partial charge is 0.434 e. The normalized spacial score (nSPS) is 12.0. The first-order valence-corrected chi connectivity index (χ1v) is 7.97. The summed E-state index contributed by atoms with van der Waals surface area (Å²) in [6, 6.07) is 9.51. The van der Waals surface area contributed by atoms with Crippen LogP contribution in [0, 0.1) is 10.1 Å². The molecule has 0 aliphatic carbocycles. The first kappa shape index (κ1) is 19.8. The first-order chi connectivity index (χ1) is 13.0. The topological polar surface area (TPSA) is 137 Å². The Labute approximate surface area is 154 Å². The lowest BCUT2D eigenvalue weighted by molar-refractivity contribution is -0.397. The molecule has 0 saturated carbocycles. The van der Waals surface area contributed by atoms with E-state index in [0.717, 1.165) is 11.6 Å². The van der Waals surface area contributed by atoms with Gasteiger partial charge in [0.05, 0.1) is 0 Å². The molecule has 1 aromatic heterocycles. The number of imidazole rings is 1. The van der Waals surface area contributed by atoms with Crippen LogP contribution in [-0.2, 0) is 27.4 Å². The average molecular weight is 374 g/mol. The van der Waals surface area contributed by atoms with E-state index in [-0.39, 0.29) is 19.0 Å². The van der Waals surface area contributed by atoms with Crippen LogP contribution >= 0.6 is 0 Å². The molecule has 0 aliphatic rings. The number of carbonyl (C=O) groups is 2. The number of carboxylic acid groups (broad SMARTS) is 1. The van der Waals surface area contributed by atoms with Crippen molar-refractivity contribution >= 4 is 17.9 Å². The minimum absolute atomic E-state index is 0.00917. The number of nitrogens with one attached hydrogen (secondary N) is 1. The van der Waals surface area contributed by atoms with Crippen molar-refractivity contribution in [3.8, 4) is 0 Å². The number of carboxylic acids is 1. The van der Waals surface area contributed by atoms with Crippen LogP contribution in [0.5, 0.6) is 0 Å². The molecule has 2 rings (SSSR count). The molecule has 1 aromatic carbocycles. The van der Waals surface area contributed by atoms with E-state index in [1.807, 2.05) is 30.3 Å². The van der Waals surface area contributed by atoms with Gasteiger partial charge in [0.1, 0.15) is 25.0 Å². The maximum absolute atomic E-state index is 11.8. The zero-order valence-electron chi connectivity index (χ0n) is 14.2. The van der Waals surface area contributed by atoms with Crippen LogP contribution in [0.3, 0.4) is 0 Å². The summed E-state index contributed by atoms with van der Waals surface area (Å²) in [7, 11) is 0. The minimum atomic E-state index is -1.28. The summed E-state index contributed by atoms with van der Waals surface area (Å²) in [6.45, 7) is 0.702. The maximum Gasteiger partial charge on any atom is 0.434 e. The van der Waals surface area contributed by atoms with Gasteiger partial charge in [0.15, 0.2) is 0 Å². The van der Waals surface area contributed by atoms with Crippen molar-refractivity contribution in [3.05, 3.63) is 70.6 Å². The van der Waals surface area contributed by atoms with E-state index >= 15 is 0 Å². The van der Waals surface area contributed by atoms with E-state index < -0.39 is 23.0 Å². The third kappa shape index (κ3) is 6.71. The van der Waals surface area contributed by atoms with E-state index in [4.69, 9.17) is 9.84 Å². The van der Waals surface area contributed by atoms with Crippen LogP contribution in [0.2, 0.25) is 0 Å². The van der Waals surface area contributed by atoms with E-state index in [9.17, 15) is 19.7 Å². The molecule has 0 fully saturated rings. The quantitative estimate of drug-likeness (QED) is 0.273. The fourth-order valence-corrected chi connectivity index (χ4v) is 2.29. The lowest BCUT2D eigenvalue weighted by Gasteiger charge is -2.17. The molecule has 0 bridgehead atoms. The Bertz CT molecular complexity index is 818. The number of carbonyl (C=O) groups excluding carboxylic acids is 1. The van der Waals surface area contributed by atoms with Crippen molar-refractivity contribution in [1.82, 2.24) is 14.9 Å². The van der Waals surface area contributed by atoms with Gasteiger partial charge < -0.3 is 25.3 Å². The molecule has 1 heterocycles. The molecule has 27 heavy (non-hydrogen) atoms. The molecule has 1 atom stereocenters. The molecule has 1 unspecified atom stereocenters. The van der Waals surface area contributed by atoms with E-state index in [2.05, 4.69) is 10.3 Å². The third-order valence-corrected chi connectivity index (χ3v) is 3.45. The van der Waals surface area contributed by atoms with Crippen LogP contribution in [0.4, 0.5) is 5.95 Å². The van der Waals surface area contributed by atoms with Crippen molar-refractivity contribution in [1.29, 1.82) is 0 Å². The highest BCUT2D eigenvalue weighted by molar-refractivity contribution is 5.90. The van der Waals surface area contributed by atoms with Crippen LogP contribution in [0.1, 0.15) is 5.56 Å². The summed E-state index contributed by atoms with van der Waals surface area (Å²) in [5, 5.41) is 22.7. The molecule has 2 N–H and O–H groups in total. The van der Waals surface area contributed by atoms with Crippen molar-refractivity contribution < 1.29 is 24.4 Å². The Balaban J connectivity index is 2.02. The SMILES string of the molecule is O=C(O)/C=C\C(=O)OC(CNCc1ccccc1)Cn1ccnc1[N+](=O)[O-]. The number of esters is 1. The average Bonchev–Trinajstić information content (AvgIpc) is 3.09. The third-order valence-electron chi connectivity index (χ3n) is 3.45. The second kappa shape index (κ2) is 9.82. The maximum atomic E-state index is 11.8. The Morgan fingerprint density at radius 1 is 1.33 bits per heavy atom. The number of hydrogen-bond acceptors (Lipinski definition) is 7. The molecule has 0 aliphatic heterocycles. The van der Waals surface area contributed by atoms with Crippen LogP contribution < -0.4 is 5.32 Å². The summed E-state index contributed by atoms with van der Waals surface area (Å²) in [6.07, 6.45) is 3.36. The molecule has 0 radical (unpaired) electrons. The standard InChI is InChI=1S/C17H18N4O6/c22-15(23)6-7-16(24)27-14(11-18-10-13-4-2-1-3-5-13)12-20-9-8-19-17(20)21(25)26/h1-9,14,18H,10-12H2,(H,22,23)/b7-6-. The van der Waals surface area contributed by atoms with Gasteiger partial charge in [-0.3, -0.25) is 0 Å². The fourth-order valence-electron chi connectivity index (χ4n) is 2.29. The lowest BCUT2D eigenvalue weighted by atomic mass is 10.2. The second-order valence-corrected chi connectivity index (χ2v) is 5.48. The molecule has 142 valence electrons. The highest BCUT2D eigenvalue weighted by Crippen LogP contribution is 2.10. The van der Waals surface area contributed by atoms with Crippen molar-refractivity contribution in [3.63, 3.8) is 0 Å². The number of nitro groups is 1. The number of aromatic nitrogens is 2. The summed E-state index contributed by atoms with van der Waals surface area (Å²) in [5.41, 5.74) is 1.02. The van der Waals surface area contributed by atoms with Gasteiger partial charge in [0, 0.05) is 25.2 Å². The Morgan fingerprint density at radius 3 is 2.74 bits per heavy atom. The minimum Gasteiger partial charge on any atom is -0.478 e. The van der Waals surface area contributed by atoms with Gasteiger partial charge in [-0.05, 0) is 10.5 Å².